The number of hydrogen-bond acceptors (Lipinski definition) is 3. The number of halogens is 1. The van der Waals surface area contributed by atoms with Crippen LogP contribution in [0.2, 0.25) is 5.02 Å². The molecule has 1 heterocycles. The largest absolute Gasteiger partial charge is 0.394 e. The Morgan fingerprint density at radius 2 is 2.28 bits per heavy atom. The molecule has 1 unspecified atom stereocenters. The molecule has 0 saturated heterocycles. The summed E-state index contributed by atoms with van der Waals surface area (Å²) in [5, 5.41) is 17.7. The Morgan fingerprint density at radius 3 is 2.83 bits per heavy atom. The second kappa shape index (κ2) is 7.77. The van der Waals surface area contributed by atoms with Crippen molar-refractivity contribution in [2.75, 3.05) is 13.2 Å². The molecular formula is C13H24ClN3O. The van der Waals surface area contributed by atoms with Gasteiger partial charge in [-0.25, -0.2) is 0 Å². The summed E-state index contributed by atoms with van der Waals surface area (Å²) in [4.78, 5) is 0. The van der Waals surface area contributed by atoms with Crippen LogP contribution in [-0.4, -0.2) is 33.6 Å². The van der Waals surface area contributed by atoms with E-state index in [1.54, 1.807) is 6.20 Å². The smallest absolute Gasteiger partial charge is 0.0785 e. The number of rotatable bonds is 9. The van der Waals surface area contributed by atoms with Gasteiger partial charge in [-0.15, -0.1) is 0 Å². The molecule has 0 bridgehead atoms. The van der Waals surface area contributed by atoms with E-state index in [0.717, 1.165) is 38.8 Å². The SMILES string of the molecule is CCCNC(C)(CO)CCCCn1cc(Cl)cn1. The lowest BCUT2D eigenvalue weighted by Crippen LogP contribution is -2.46. The average molecular weight is 274 g/mol. The van der Waals surface area contributed by atoms with Crippen LogP contribution in [0, 0.1) is 0 Å². The number of aromatic nitrogens is 2. The molecule has 18 heavy (non-hydrogen) atoms. The molecule has 0 saturated carbocycles. The third kappa shape index (κ3) is 5.38. The molecule has 0 radical (unpaired) electrons. The van der Waals surface area contributed by atoms with Crippen molar-refractivity contribution in [1.29, 1.82) is 0 Å². The molecule has 2 N–H and O–H groups in total. The molecule has 0 amide bonds. The minimum atomic E-state index is -0.155. The lowest BCUT2D eigenvalue weighted by molar-refractivity contribution is 0.162. The highest BCUT2D eigenvalue weighted by Crippen LogP contribution is 2.14. The van der Waals surface area contributed by atoms with Crippen LogP contribution in [0.15, 0.2) is 12.4 Å². The normalized spacial score (nSPS) is 14.7. The van der Waals surface area contributed by atoms with E-state index in [4.69, 9.17) is 11.6 Å². The van der Waals surface area contributed by atoms with Gasteiger partial charge in [-0.2, -0.15) is 5.10 Å². The van der Waals surface area contributed by atoms with Crippen LogP contribution in [0.1, 0.15) is 39.5 Å². The van der Waals surface area contributed by atoms with Crippen LogP contribution in [0.3, 0.4) is 0 Å². The summed E-state index contributed by atoms with van der Waals surface area (Å²) in [7, 11) is 0. The topological polar surface area (TPSA) is 50.1 Å². The first-order valence-corrected chi connectivity index (χ1v) is 7.01. The minimum absolute atomic E-state index is 0.155. The quantitative estimate of drug-likeness (QED) is 0.680. The maximum absolute atomic E-state index is 9.43. The summed E-state index contributed by atoms with van der Waals surface area (Å²) >= 11 is 5.80. The lowest BCUT2D eigenvalue weighted by Gasteiger charge is -2.28. The Morgan fingerprint density at radius 1 is 1.50 bits per heavy atom. The van der Waals surface area contributed by atoms with E-state index in [-0.39, 0.29) is 12.1 Å². The van der Waals surface area contributed by atoms with Crippen molar-refractivity contribution in [3.05, 3.63) is 17.4 Å². The van der Waals surface area contributed by atoms with Gasteiger partial charge in [-0.1, -0.05) is 18.5 Å². The average Bonchev–Trinajstić information content (AvgIpc) is 2.78. The Balaban J connectivity index is 2.22. The molecule has 0 aliphatic carbocycles. The zero-order valence-corrected chi connectivity index (χ0v) is 12.1. The predicted molar refractivity (Wildman–Crippen MR) is 74.9 cm³/mol. The highest BCUT2D eigenvalue weighted by Gasteiger charge is 2.21. The summed E-state index contributed by atoms with van der Waals surface area (Å²) in [6, 6.07) is 0. The third-order valence-electron chi connectivity index (χ3n) is 3.12. The van der Waals surface area contributed by atoms with Crippen LogP contribution < -0.4 is 5.32 Å². The molecule has 1 aromatic heterocycles. The third-order valence-corrected chi connectivity index (χ3v) is 3.31. The molecule has 0 aliphatic rings. The van der Waals surface area contributed by atoms with Crippen LogP contribution in [0.25, 0.3) is 0 Å². The summed E-state index contributed by atoms with van der Waals surface area (Å²) < 4.78 is 1.86. The molecule has 1 aromatic rings. The van der Waals surface area contributed by atoms with E-state index in [1.165, 1.54) is 0 Å². The van der Waals surface area contributed by atoms with Gasteiger partial charge in [0.1, 0.15) is 0 Å². The highest BCUT2D eigenvalue weighted by atomic mass is 35.5. The Bertz CT molecular complexity index is 343. The van der Waals surface area contributed by atoms with E-state index in [1.807, 2.05) is 10.9 Å². The van der Waals surface area contributed by atoms with Gasteiger partial charge in [0.2, 0.25) is 0 Å². The number of hydrogen-bond donors (Lipinski definition) is 2. The Kier molecular flexibility index (Phi) is 6.68. The van der Waals surface area contributed by atoms with Crippen molar-refractivity contribution in [3.8, 4) is 0 Å². The zero-order valence-electron chi connectivity index (χ0n) is 11.3. The predicted octanol–water partition coefficient (Wildman–Crippen LogP) is 2.46. The molecule has 1 rings (SSSR count). The second-order valence-electron chi connectivity index (χ2n) is 5.02. The molecule has 0 fully saturated rings. The monoisotopic (exact) mass is 273 g/mol. The van der Waals surface area contributed by atoms with E-state index in [0.29, 0.717) is 5.02 Å². The van der Waals surface area contributed by atoms with Gasteiger partial charge < -0.3 is 10.4 Å². The van der Waals surface area contributed by atoms with Crippen LogP contribution >= 0.6 is 11.6 Å². The summed E-state index contributed by atoms with van der Waals surface area (Å²) in [5.41, 5.74) is -0.155. The highest BCUT2D eigenvalue weighted by molar-refractivity contribution is 6.30. The first kappa shape index (κ1) is 15.5. The molecular weight excluding hydrogens is 250 g/mol. The van der Waals surface area contributed by atoms with E-state index < -0.39 is 0 Å². The molecule has 0 aliphatic heterocycles. The molecule has 4 nitrogen and oxygen atoms in total. The molecule has 0 aromatic carbocycles. The van der Waals surface area contributed by atoms with Gasteiger partial charge in [0.05, 0.1) is 17.8 Å². The fourth-order valence-corrected chi connectivity index (χ4v) is 2.06. The van der Waals surface area contributed by atoms with Crippen LogP contribution in [0.5, 0.6) is 0 Å². The van der Waals surface area contributed by atoms with Crippen molar-refractivity contribution in [3.63, 3.8) is 0 Å². The van der Waals surface area contributed by atoms with Crippen molar-refractivity contribution >= 4 is 11.6 Å². The van der Waals surface area contributed by atoms with Crippen molar-refractivity contribution in [1.82, 2.24) is 15.1 Å². The van der Waals surface area contributed by atoms with Gasteiger partial charge in [-0.05, 0) is 39.2 Å². The van der Waals surface area contributed by atoms with E-state index in [9.17, 15) is 5.11 Å². The number of nitrogens with zero attached hydrogens (tertiary/aromatic N) is 2. The fraction of sp³-hybridized carbons (Fsp3) is 0.769. The maximum Gasteiger partial charge on any atom is 0.0785 e. The van der Waals surface area contributed by atoms with Crippen LogP contribution in [0.4, 0.5) is 0 Å². The van der Waals surface area contributed by atoms with Crippen molar-refractivity contribution in [2.24, 2.45) is 0 Å². The van der Waals surface area contributed by atoms with Gasteiger partial charge in [-0.3, -0.25) is 4.68 Å². The first-order chi connectivity index (χ1) is 8.59. The van der Waals surface area contributed by atoms with Crippen molar-refractivity contribution < 1.29 is 5.11 Å². The number of aliphatic hydroxyl groups excluding tert-OH is 1. The van der Waals surface area contributed by atoms with Crippen molar-refractivity contribution in [2.45, 2.75) is 51.6 Å². The number of unbranched alkanes of at least 4 members (excludes halogenated alkanes) is 1. The van der Waals surface area contributed by atoms with Gasteiger partial charge in [0.25, 0.3) is 0 Å². The Hall–Kier alpha value is -0.580. The second-order valence-corrected chi connectivity index (χ2v) is 5.46. The number of aliphatic hydroxyl groups is 1. The van der Waals surface area contributed by atoms with E-state index in [2.05, 4.69) is 24.3 Å². The standard InChI is InChI=1S/C13H24ClN3O/c1-3-7-15-13(2,11-18)6-4-5-8-17-10-12(14)9-16-17/h9-10,15,18H,3-8,11H2,1-2H3. The van der Waals surface area contributed by atoms with Gasteiger partial charge in [0, 0.05) is 18.3 Å². The summed E-state index contributed by atoms with van der Waals surface area (Å²) in [5.74, 6) is 0. The molecule has 0 spiro atoms. The summed E-state index contributed by atoms with van der Waals surface area (Å²) in [6.07, 6.45) is 7.65. The summed E-state index contributed by atoms with van der Waals surface area (Å²) in [6.45, 7) is 6.22. The molecule has 104 valence electrons. The number of nitrogens with one attached hydrogen (secondary N) is 1. The maximum atomic E-state index is 9.43. The van der Waals surface area contributed by atoms with Crippen LogP contribution in [-0.2, 0) is 6.54 Å². The zero-order chi connectivity index (χ0) is 13.4. The molecule has 5 heteroatoms. The van der Waals surface area contributed by atoms with Gasteiger partial charge >= 0.3 is 0 Å². The first-order valence-electron chi connectivity index (χ1n) is 6.63. The Labute approximate surface area is 114 Å². The minimum Gasteiger partial charge on any atom is -0.394 e. The lowest BCUT2D eigenvalue weighted by atomic mass is 9.95. The van der Waals surface area contributed by atoms with Gasteiger partial charge in [0.15, 0.2) is 0 Å². The van der Waals surface area contributed by atoms with E-state index >= 15 is 0 Å². The fourth-order valence-electron chi connectivity index (χ4n) is 1.90. The molecule has 1 atom stereocenters. The number of aryl methyl sites for hydroxylation is 1.